The van der Waals surface area contributed by atoms with Crippen molar-refractivity contribution in [3.63, 3.8) is 0 Å². The van der Waals surface area contributed by atoms with E-state index in [1.54, 1.807) is 0 Å². The first-order chi connectivity index (χ1) is 9.79. The number of hydrogen-bond donors (Lipinski definition) is 0. The minimum Gasteiger partial charge on any atom is -0.300 e. The van der Waals surface area contributed by atoms with Gasteiger partial charge in [-0.2, -0.15) is 0 Å². The highest BCUT2D eigenvalue weighted by Gasteiger charge is 2.34. The number of nitrogens with zero attached hydrogens (tertiary/aromatic N) is 1. The maximum Gasteiger partial charge on any atom is 0.00951 e. The second kappa shape index (κ2) is 7.02. The monoisotopic (exact) mass is 293 g/mol. The SMILES string of the molecule is CC(C)C1CCN(C(C)C2CCC(C(C)(C)C)CC2)CC1. The van der Waals surface area contributed by atoms with Crippen LogP contribution in [0.15, 0.2) is 0 Å². The maximum absolute atomic E-state index is 2.81. The largest absolute Gasteiger partial charge is 0.300 e. The summed E-state index contributed by atoms with van der Waals surface area (Å²) < 4.78 is 0. The summed E-state index contributed by atoms with van der Waals surface area (Å²) in [6.07, 6.45) is 8.71. The van der Waals surface area contributed by atoms with Gasteiger partial charge in [0.1, 0.15) is 0 Å². The van der Waals surface area contributed by atoms with Crippen LogP contribution in [0.5, 0.6) is 0 Å². The molecule has 0 aromatic heterocycles. The molecule has 2 fully saturated rings. The summed E-state index contributed by atoms with van der Waals surface area (Å²) in [6.45, 7) is 17.3. The fourth-order valence-electron chi connectivity index (χ4n) is 4.76. The van der Waals surface area contributed by atoms with E-state index in [2.05, 4.69) is 46.4 Å². The van der Waals surface area contributed by atoms with E-state index in [0.717, 1.165) is 29.7 Å². The third-order valence-corrected chi connectivity index (χ3v) is 6.77. The summed E-state index contributed by atoms with van der Waals surface area (Å²) >= 11 is 0. The highest BCUT2D eigenvalue weighted by atomic mass is 15.2. The summed E-state index contributed by atoms with van der Waals surface area (Å²) in [5.41, 5.74) is 0.518. The van der Waals surface area contributed by atoms with Crippen LogP contribution >= 0.6 is 0 Å². The van der Waals surface area contributed by atoms with Crippen molar-refractivity contribution < 1.29 is 0 Å². The second-order valence-electron chi connectivity index (χ2n) is 9.34. The molecule has 1 unspecified atom stereocenters. The zero-order valence-electron chi connectivity index (χ0n) is 15.5. The second-order valence-corrected chi connectivity index (χ2v) is 9.34. The molecule has 0 amide bonds. The first-order valence-electron chi connectivity index (χ1n) is 9.53. The van der Waals surface area contributed by atoms with Crippen LogP contribution in [0, 0.1) is 29.1 Å². The van der Waals surface area contributed by atoms with Gasteiger partial charge in [0.2, 0.25) is 0 Å². The summed E-state index contributed by atoms with van der Waals surface area (Å²) in [5.74, 6) is 3.77. The zero-order valence-corrected chi connectivity index (χ0v) is 15.5. The van der Waals surface area contributed by atoms with Crippen molar-refractivity contribution in [2.45, 2.75) is 86.1 Å². The summed E-state index contributed by atoms with van der Waals surface area (Å²) in [4.78, 5) is 2.81. The van der Waals surface area contributed by atoms with Crippen LogP contribution in [0.4, 0.5) is 0 Å². The number of hydrogen-bond acceptors (Lipinski definition) is 1. The Labute approximate surface area is 133 Å². The molecule has 1 heteroatoms. The molecule has 0 radical (unpaired) electrons. The number of piperidine rings is 1. The van der Waals surface area contributed by atoms with E-state index in [-0.39, 0.29) is 0 Å². The quantitative estimate of drug-likeness (QED) is 0.655. The fraction of sp³-hybridized carbons (Fsp3) is 1.00. The lowest BCUT2D eigenvalue weighted by Crippen LogP contribution is -2.45. The van der Waals surface area contributed by atoms with E-state index < -0.39 is 0 Å². The molecule has 0 aromatic carbocycles. The normalized spacial score (nSPS) is 31.6. The molecule has 1 saturated heterocycles. The summed E-state index contributed by atoms with van der Waals surface area (Å²) in [7, 11) is 0. The molecule has 1 aliphatic carbocycles. The van der Waals surface area contributed by atoms with Gasteiger partial charge in [-0.15, -0.1) is 0 Å². The van der Waals surface area contributed by atoms with Crippen LogP contribution < -0.4 is 0 Å². The van der Waals surface area contributed by atoms with Crippen LogP contribution in [-0.2, 0) is 0 Å². The topological polar surface area (TPSA) is 3.24 Å². The van der Waals surface area contributed by atoms with Crippen LogP contribution in [0.25, 0.3) is 0 Å². The van der Waals surface area contributed by atoms with Crippen LogP contribution in [0.2, 0.25) is 0 Å². The average molecular weight is 294 g/mol. The third-order valence-electron chi connectivity index (χ3n) is 6.77. The molecule has 2 rings (SSSR count). The molecule has 1 aliphatic heterocycles. The molecular formula is C20H39N. The Morgan fingerprint density at radius 2 is 1.29 bits per heavy atom. The lowest BCUT2D eigenvalue weighted by molar-refractivity contribution is 0.0580. The standard InChI is InChI=1S/C20H39N/c1-15(2)17-11-13-21(14-12-17)16(3)18-7-9-19(10-8-18)20(4,5)6/h15-19H,7-14H2,1-6H3. The smallest absolute Gasteiger partial charge is 0.00951 e. The van der Waals surface area contributed by atoms with Gasteiger partial charge >= 0.3 is 0 Å². The Morgan fingerprint density at radius 1 is 0.762 bits per heavy atom. The molecule has 0 N–H and O–H groups in total. The first kappa shape index (κ1) is 17.3. The first-order valence-corrected chi connectivity index (χ1v) is 9.53. The molecular weight excluding hydrogens is 254 g/mol. The van der Waals surface area contributed by atoms with E-state index in [9.17, 15) is 0 Å². The molecule has 0 spiro atoms. The summed E-state index contributed by atoms with van der Waals surface area (Å²) in [5, 5.41) is 0. The van der Waals surface area contributed by atoms with Gasteiger partial charge in [-0.05, 0) is 87.6 Å². The molecule has 21 heavy (non-hydrogen) atoms. The third kappa shape index (κ3) is 4.47. The van der Waals surface area contributed by atoms with E-state index in [1.807, 2.05) is 0 Å². The average Bonchev–Trinajstić information content (AvgIpc) is 2.46. The predicted octanol–water partition coefficient (Wildman–Crippen LogP) is 5.60. The molecule has 1 heterocycles. The molecule has 0 aromatic rings. The van der Waals surface area contributed by atoms with Crippen molar-refractivity contribution in [3.8, 4) is 0 Å². The maximum atomic E-state index is 2.81. The highest BCUT2D eigenvalue weighted by Crippen LogP contribution is 2.41. The minimum absolute atomic E-state index is 0.518. The van der Waals surface area contributed by atoms with Crippen molar-refractivity contribution in [2.75, 3.05) is 13.1 Å². The molecule has 2 aliphatic rings. The van der Waals surface area contributed by atoms with Crippen LogP contribution in [-0.4, -0.2) is 24.0 Å². The highest BCUT2D eigenvalue weighted by molar-refractivity contribution is 4.87. The van der Waals surface area contributed by atoms with E-state index in [0.29, 0.717) is 5.41 Å². The Kier molecular flexibility index (Phi) is 5.79. The van der Waals surface area contributed by atoms with Gasteiger partial charge in [0.15, 0.2) is 0 Å². The van der Waals surface area contributed by atoms with Crippen molar-refractivity contribution in [1.29, 1.82) is 0 Å². The Hall–Kier alpha value is -0.0400. The van der Waals surface area contributed by atoms with Gasteiger partial charge in [0, 0.05) is 6.04 Å². The molecule has 0 bridgehead atoms. The molecule has 124 valence electrons. The van der Waals surface area contributed by atoms with Crippen LogP contribution in [0.3, 0.4) is 0 Å². The molecule has 1 nitrogen and oxygen atoms in total. The predicted molar refractivity (Wildman–Crippen MR) is 93.5 cm³/mol. The van der Waals surface area contributed by atoms with Gasteiger partial charge in [-0.25, -0.2) is 0 Å². The number of likely N-dealkylation sites (tertiary alicyclic amines) is 1. The fourth-order valence-corrected chi connectivity index (χ4v) is 4.76. The van der Waals surface area contributed by atoms with Gasteiger partial charge in [0.25, 0.3) is 0 Å². The van der Waals surface area contributed by atoms with Gasteiger partial charge in [0.05, 0.1) is 0 Å². The Balaban J connectivity index is 1.79. The lowest BCUT2D eigenvalue weighted by atomic mass is 9.68. The lowest BCUT2D eigenvalue weighted by Gasteiger charge is -2.44. The minimum atomic E-state index is 0.518. The van der Waals surface area contributed by atoms with Gasteiger partial charge < -0.3 is 4.90 Å². The van der Waals surface area contributed by atoms with Crippen molar-refractivity contribution in [1.82, 2.24) is 4.90 Å². The van der Waals surface area contributed by atoms with Crippen molar-refractivity contribution >= 4 is 0 Å². The molecule has 1 saturated carbocycles. The van der Waals surface area contributed by atoms with E-state index in [4.69, 9.17) is 0 Å². The number of rotatable bonds is 3. The summed E-state index contributed by atoms with van der Waals surface area (Å²) in [6, 6.07) is 0.819. The Bertz CT molecular complexity index is 298. The van der Waals surface area contributed by atoms with Gasteiger partial charge in [-0.1, -0.05) is 34.6 Å². The van der Waals surface area contributed by atoms with E-state index >= 15 is 0 Å². The Morgan fingerprint density at radius 3 is 1.71 bits per heavy atom. The zero-order chi connectivity index (χ0) is 15.6. The van der Waals surface area contributed by atoms with Gasteiger partial charge in [-0.3, -0.25) is 0 Å². The van der Waals surface area contributed by atoms with Crippen molar-refractivity contribution in [2.24, 2.45) is 29.1 Å². The van der Waals surface area contributed by atoms with E-state index in [1.165, 1.54) is 51.6 Å². The van der Waals surface area contributed by atoms with Crippen molar-refractivity contribution in [3.05, 3.63) is 0 Å². The molecule has 1 atom stereocenters. The van der Waals surface area contributed by atoms with Crippen LogP contribution in [0.1, 0.15) is 80.1 Å².